The molecule has 0 atom stereocenters. The molecule has 0 aromatic carbocycles. The van der Waals surface area contributed by atoms with Crippen molar-refractivity contribution < 1.29 is 9.53 Å². The first kappa shape index (κ1) is 12.5. The summed E-state index contributed by atoms with van der Waals surface area (Å²) in [7, 11) is 0. The highest BCUT2D eigenvalue weighted by molar-refractivity contribution is 5.69. The zero-order chi connectivity index (χ0) is 11.1. The molecule has 15 heavy (non-hydrogen) atoms. The van der Waals surface area contributed by atoms with Gasteiger partial charge in [-0.2, -0.15) is 0 Å². The van der Waals surface area contributed by atoms with Gasteiger partial charge in [0.05, 0.1) is 6.61 Å². The minimum absolute atomic E-state index is 0.00236. The molecule has 0 radical (unpaired) electrons. The zero-order valence-corrected chi connectivity index (χ0v) is 10.1. The summed E-state index contributed by atoms with van der Waals surface area (Å²) in [6.07, 6.45) is 8.00. The Morgan fingerprint density at radius 3 is 2.60 bits per heavy atom. The van der Waals surface area contributed by atoms with E-state index < -0.39 is 0 Å². The van der Waals surface area contributed by atoms with Crippen molar-refractivity contribution in [3.05, 3.63) is 0 Å². The second-order valence-corrected chi connectivity index (χ2v) is 5.09. The van der Waals surface area contributed by atoms with Crippen molar-refractivity contribution >= 4 is 5.97 Å². The minimum atomic E-state index is 0.00236. The van der Waals surface area contributed by atoms with Gasteiger partial charge in [-0.3, -0.25) is 4.79 Å². The monoisotopic (exact) mass is 212 g/mol. The number of carbonyl (C=O) groups is 1. The van der Waals surface area contributed by atoms with Crippen LogP contribution in [-0.4, -0.2) is 12.6 Å². The first-order chi connectivity index (χ1) is 7.18. The van der Waals surface area contributed by atoms with Crippen molar-refractivity contribution in [2.24, 2.45) is 11.8 Å². The SMILES string of the molecule is CC(C)CCOC(=O)CCC1CCCC1. The first-order valence-corrected chi connectivity index (χ1v) is 6.34. The van der Waals surface area contributed by atoms with Gasteiger partial charge >= 0.3 is 5.97 Å². The highest BCUT2D eigenvalue weighted by Crippen LogP contribution is 2.28. The van der Waals surface area contributed by atoms with Gasteiger partial charge in [0.25, 0.3) is 0 Å². The van der Waals surface area contributed by atoms with Crippen LogP contribution < -0.4 is 0 Å². The van der Waals surface area contributed by atoms with Gasteiger partial charge in [0.15, 0.2) is 0 Å². The Morgan fingerprint density at radius 2 is 2.00 bits per heavy atom. The largest absolute Gasteiger partial charge is 0.466 e. The Morgan fingerprint density at radius 1 is 1.33 bits per heavy atom. The molecular weight excluding hydrogens is 188 g/mol. The van der Waals surface area contributed by atoms with Gasteiger partial charge in [-0.05, 0) is 24.7 Å². The lowest BCUT2D eigenvalue weighted by Gasteiger charge is -2.09. The van der Waals surface area contributed by atoms with Crippen molar-refractivity contribution in [3.8, 4) is 0 Å². The van der Waals surface area contributed by atoms with Gasteiger partial charge < -0.3 is 4.74 Å². The topological polar surface area (TPSA) is 26.3 Å². The minimum Gasteiger partial charge on any atom is -0.466 e. The third-order valence-corrected chi connectivity index (χ3v) is 3.19. The average molecular weight is 212 g/mol. The molecule has 1 rings (SSSR count). The average Bonchev–Trinajstić information content (AvgIpc) is 2.66. The molecule has 0 amide bonds. The standard InChI is InChI=1S/C13H24O2/c1-11(2)9-10-15-13(14)8-7-12-5-3-4-6-12/h11-12H,3-10H2,1-2H3. The van der Waals surface area contributed by atoms with Gasteiger partial charge in [-0.1, -0.05) is 39.5 Å². The first-order valence-electron chi connectivity index (χ1n) is 6.34. The summed E-state index contributed by atoms with van der Waals surface area (Å²) < 4.78 is 5.17. The summed E-state index contributed by atoms with van der Waals surface area (Å²) in [6, 6.07) is 0. The lowest BCUT2D eigenvalue weighted by Crippen LogP contribution is -2.09. The van der Waals surface area contributed by atoms with Crippen LogP contribution in [0, 0.1) is 11.8 Å². The second kappa shape index (κ2) is 6.86. The van der Waals surface area contributed by atoms with Crippen LogP contribution in [0.2, 0.25) is 0 Å². The molecule has 0 aromatic heterocycles. The van der Waals surface area contributed by atoms with Crippen LogP contribution in [0.3, 0.4) is 0 Å². The van der Waals surface area contributed by atoms with Crippen molar-refractivity contribution in [1.82, 2.24) is 0 Å². The number of hydrogen-bond acceptors (Lipinski definition) is 2. The van der Waals surface area contributed by atoms with Gasteiger partial charge in [0.1, 0.15) is 0 Å². The molecule has 1 aliphatic rings. The fraction of sp³-hybridized carbons (Fsp3) is 0.923. The predicted octanol–water partition coefficient (Wildman–Crippen LogP) is 3.55. The molecule has 88 valence electrons. The van der Waals surface area contributed by atoms with Crippen LogP contribution in [0.25, 0.3) is 0 Å². The molecule has 1 saturated carbocycles. The second-order valence-electron chi connectivity index (χ2n) is 5.09. The molecule has 0 bridgehead atoms. The van der Waals surface area contributed by atoms with Crippen molar-refractivity contribution in [1.29, 1.82) is 0 Å². The van der Waals surface area contributed by atoms with Crippen molar-refractivity contribution in [2.75, 3.05) is 6.61 Å². The maximum Gasteiger partial charge on any atom is 0.305 e. The maximum atomic E-state index is 11.4. The summed E-state index contributed by atoms with van der Waals surface area (Å²) in [4.78, 5) is 11.4. The van der Waals surface area contributed by atoms with E-state index in [1.165, 1.54) is 25.7 Å². The predicted molar refractivity (Wildman–Crippen MR) is 61.6 cm³/mol. The molecule has 0 N–H and O–H groups in total. The number of rotatable bonds is 6. The van der Waals surface area contributed by atoms with Gasteiger partial charge in [0, 0.05) is 6.42 Å². The zero-order valence-electron chi connectivity index (χ0n) is 10.1. The Hall–Kier alpha value is -0.530. The molecule has 0 aromatic rings. The van der Waals surface area contributed by atoms with E-state index in [1.54, 1.807) is 0 Å². The van der Waals surface area contributed by atoms with E-state index >= 15 is 0 Å². The summed E-state index contributed by atoms with van der Waals surface area (Å²) in [6.45, 7) is 4.89. The highest BCUT2D eigenvalue weighted by atomic mass is 16.5. The third kappa shape index (κ3) is 5.81. The van der Waals surface area contributed by atoms with Crippen molar-refractivity contribution in [3.63, 3.8) is 0 Å². The molecule has 1 aliphatic carbocycles. The summed E-state index contributed by atoms with van der Waals surface area (Å²) in [5.41, 5.74) is 0. The van der Waals surface area contributed by atoms with Crippen LogP contribution in [0.15, 0.2) is 0 Å². The van der Waals surface area contributed by atoms with Crippen molar-refractivity contribution in [2.45, 2.75) is 58.8 Å². The molecule has 2 heteroatoms. The number of ether oxygens (including phenoxy) is 1. The Labute approximate surface area is 93.4 Å². The Balaban J connectivity index is 1.98. The van der Waals surface area contributed by atoms with Crippen LogP contribution >= 0.6 is 0 Å². The smallest absolute Gasteiger partial charge is 0.305 e. The molecule has 0 spiro atoms. The molecular formula is C13H24O2. The lowest BCUT2D eigenvalue weighted by atomic mass is 10.0. The number of esters is 1. The summed E-state index contributed by atoms with van der Waals surface area (Å²) >= 11 is 0. The number of hydrogen-bond donors (Lipinski definition) is 0. The van der Waals surface area contributed by atoms with E-state index in [2.05, 4.69) is 13.8 Å². The maximum absolute atomic E-state index is 11.4. The van der Waals surface area contributed by atoms with E-state index in [-0.39, 0.29) is 5.97 Å². The molecule has 0 heterocycles. The van der Waals surface area contributed by atoms with Crippen LogP contribution in [0.5, 0.6) is 0 Å². The van der Waals surface area contributed by atoms with Crippen LogP contribution in [0.1, 0.15) is 58.8 Å². The van der Waals surface area contributed by atoms with Gasteiger partial charge in [0.2, 0.25) is 0 Å². The van der Waals surface area contributed by atoms with E-state index in [0.717, 1.165) is 18.8 Å². The van der Waals surface area contributed by atoms with E-state index in [1.807, 2.05) is 0 Å². The third-order valence-electron chi connectivity index (χ3n) is 3.19. The quantitative estimate of drug-likeness (QED) is 0.629. The highest BCUT2D eigenvalue weighted by Gasteiger charge is 2.16. The van der Waals surface area contributed by atoms with Gasteiger partial charge in [-0.25, -0.2) is 0 Å². The Bertz CT molecular complexity index is 181. The number of carbonyl (C=O) groups excluding carboxylic acids is 1. The van der Waals surface area contributed by atoms with Crippen LogP contribution in [0.4, 0.5) is 0 Å². The molecule has 0 unspecified atom stereocenters. The van der Waals surface area contributed by atoms with Gasteiger partial charge in [-0.15, -0.1) is 0 Å². The fourth-order valence-corrected chi connectivity index (χ4v) is 2.10. The summed E-state index contributed by atoms with van der Waals surface area (Å²) in [5, 5.41) is 0. The normalized spacial score (nSPS) is 17.3. The van der Waals surface area contributed by atoms with E-state index in [0.29, 0.717) is 18.9 Å². The van der Waals surface area contributed by atoms with E-state index in [4.69, 9.17) is 4.74 Å². The summed E-state index contributed by atoms with van der Waals surface area (Å²) in [5.74, 6) is 1.41. The van der Waals surface area contributed by atoms with Crippen LogP contribution in [-0.2, 0) is 9.53 Å². The molecule has 1 fully saturated rings. The fourth-order valence-electron chi connectivity index (χ4n) is 2.10. The molecule has 0 saturated heterocycles. The lowest BCUT2D eigenvalue weighted by molar-refractivity contribution is -0.144. The molecule has 2 nitrogen and oxygen atoms in total. The molecule has 0 aliphatic heterocycles. The Kier molecular flexibility index (Phi) is 5.74. The van der Waals surface area contributed by atoms with E-state index in [9.17, 15) is 4.79 Å².